The van der Waals surface area contributed by atoms with Crippen molar-refractivity contribution < 1.29 is 9.32 Å². The van der Waals surface area contributed by atoms with Gasteiger partial charge >= 0.3 is 0 Å². The normalized spacial score (nSPS) is 17.1. The molecule has 0 aromatic heterocycles. The Bertz CT molecular complexity index is 340. The van der Waals surface area contributed by atoms with Crippen LogP contribution >= 0.6 is 23.4 Å². The van der Waals surface area contributed by atoms with Gasteiger partial charge in [-0.15, -0.1) is 11.8 Å². The summed E-state index contributed by atoms with van der Waals surface area (Å²) in [6.45, 7) is 0. The molecule has 0 heterocycles. The lowest BCUT2D eigenvalue weighted by molar-refractivity contribution is 0.195. The molecule has 0 saturated carbocycles. The molecule has 0 radical (unpaired) electrons. The third kappa shape index (κ3) is 3.48. The first-order valence-electron chi connectivity index (χ1n) is 4.35. The fourth-order valence-corrected chi connectivity index (χ4v) is 3.41. The highest BCUT2D eigenvalue weighted by molar-refractivity contribution is 8.10. The molecule has 1 aromatic rings. The number of hydrogen-bond acceptors (Lipinski definition) is 3. The fourth-order valence-electron chi connectivity index (χ4n) is 1.26. The third-order valence-electron chi connectivity index (χ3n) is 2.03. The standard InChI is InChI=1S/C10H13ClO2S2/c1-14-10(15(2)13)9(12)7-3-5-8(11)6-4-7/h3-6,9-10,12H,1-2H3. The smallest absolute Gasteiger partial charge is 0.110 e. The van der Waals surface area contributed by atoms with Crippen LogP contribution in [0.4, 0.5) is 0 Å². The molecule has 0 fully saturated rings. The van der Waals surface area contributed by atoms with Gasteiger partial charge in [-0.25, -0.2) is 0 Å². The van der Waals surface area contributed by atoms with Gasteiger partial charge < -0.3 is 5.11 Å². The molecule has 3 atom stereocenters. The van der Waals surface area contributed by atoms with E-state index >= 15 is 0 Å². The molecular weight excluding hydrogens is 252 g/mol. The molecule has 0 bridgehead atoms. The van der Waals surface area contributed by atoms with E-state index < -0.39 is 16.9 Å². The summed E-state index contributed by atoms with van der Waals surface area (Å²) < 4.78 is 11.1. The second-order valence-electron chi connectivity index (χ2n) is 3.10. The Hall–Kier alpha value is -0.0300. The molecule has 3 unspecified atom stereocenters. The van der Waals surface area contributed by atoms with Crippen LogP contribution in [-0.4, -0.2) is 26.4 Å². The van der Waals surface area contributed by atoms with Gasteiger partial charge in [-0.2, -0.15) is 0 Å². The summed E-state index contributed by atoms with van der Waals surface area (Å²) in [5, 5.41) is 10.6. The average molecular weight is 265 g/mol. The average Bonchev–Trinajstić information content (AvgIpc) is 2.19. The molecule has 1 aromatic carbocycles. The first-order valence-corrected chi connectivity index (χ1v) is 7.63. The summed E-state index contributed by atoms with van der Waals surface area (Å²) in [6.07, 6.45) is 2.72. The molecule has 2 nitrogen and oxygen atoms in total. The van der Waals surface area contributed by atoms with Crippen LogP contribution < -0.4 is 0 Å². The highest BCUT2D eigenvalue weighted by Crippen LogP contribution is 2.27. The van der Waals surface area contributed by atoms with E-state index in [-0.39, 0.29) is 4.58 Å². The van der Waals surface area contributed by atoms with Crippen LogP contribution in [0.5, 0.6) is 0 Å². The molecule has 0 saturated heterocycles. The van der Waals surface area contributed by atoms with Gasteiger partial charge in [0.1, 0.15) is 10.7 Å². The van der Waals surface area contributed by atoms with Crippen molar-refractivity contribution in [3.63, 3.8) is 0 Å². The van der Waals surface area contributed by atoms with Gasteiger partial charge in [0.2, 0.25) is 0 Å². The molecule has 1 N–H and O–H groups in total. The van der Waals surface area contributed by atoms with Crippen molar-refractivity contribution in [1.29, 1.82) is 0 Å². The van der Waals surface area contributed by atoms with Gasteiger partial charge in [0.15, 0.2) is 0 Å². The van der Waals surface area contributed by atoms with Crippen molar-refractivity contribution in [2.45, 2.75) is 10.7 Å². The SMILES string of the molecule is CSC(C(O)c1ccc(Cl)cc1)S(C)=O. The predicted molar refractivity (Wildman–Crippen MR) is 67.8 cm³/mol. The van der Waals surface area contributed by atoms with Crippen LogP contribution in [-0.2, 0) is 10.8 Å². The van der Waals surface area contributed by atoms with Gasteiger partial charge in [0, 0.05) is 22.1 Å². The first kappa shape index (κ1) is 13.0. The topological polar surface area (TPSA) is 37.3 Å². The Morgan fingerprint density at radius 3 is 2.33 bits per heavy atom. The van der Waals surface area contributed by atoms with Crippen molar-refractivity contribution in [1.82, 2.24) is 0 Å². The largest absolute Gasteiger partial charge is 0.386 e. The Labute approximate surface area is 101 Å². The number of rotatable bonds is 4. The Morgan fingerprint density at radius 1 is 1.40 bits per heavy atom. The van der Waals surface area contributed by atoms with Gasteiger partial charge in [-0.3, -0.25) is 4.21 Å². The highest BCUT2D eigenvalue weighted by atomic mass is 35.5. The van der Waals surface area contributed by atoms with Crippen molar-refractivity contribution in [3.8, 4) is 0 Å². The minimum Gasteiger partial charge on any atom is -0.386 e. The van der Waals surface area contributed by atoms with Crippen LogP contribution in [0.15, 0.2) is 24.3 Å². The van der Waals surface area contributed by atoms with E-state index in [4.69, 9.17) is 11.6 Å². The molecule has 0 spiro atoms. The Balaban J connectivity index is 2.87. The van der Waals surface area contributed by atoms with E-state index in [0.717, 1.165) is 5.56 Å². The van der Waals surface area contributed by atoms with Crippen molar-refractivity contribution in [2.75, 3.05) is 12.5 Å². The lowest BCUT2D eigenvalue weighted by Gasteiger charge is -2.19. The molecule has 0 aliphatic carbocycles. The number of aliphatic hydroxyl groups excluding tert-OH is 1. The van der Waals surface area contributed by atoms with Gasteiger partial charge in [-0.1, -0.05) is 23.7 Å². The van der Waals surface area contributed by atoms with E-state index in [1.807, 2.05) is 6.26 Å². The summed E-state index contributed by atoms with van der Waals surface area (Å²) in [5.41, 5.74) is 0.744. The molecule has 84 valence electrons. The maximum atomic E-state index is 11.4. The zero-order valence-electron chi connectivity index (χ0n) is 8.51. The number of hydrogen-bond donors (Lipinski definition) is 1. The number of benzene rings is 1. The first-order chi connectivity index (χ1) is 7.06. The number of aliphatic hydroxyl groups is 1. The summed E-state index contributed by atoms with van der Waals surface area (Å²) in [5.74, 6) is 0. The van der Waals surface area contributed by atoms with Crippen LogP contribution in [0.25, 0.3) is 0 Å². The minimum atomic E-state index is -1.06. The van der Waals surface area contributed by atoms with Crippen LogP contribution in [0.1, 0.15) is 11.7 Å². The number of halogens is 1. The van der Waals surface area contributed by atoms with Crippen molar-refractivity contribution >= 4 is 34.2 Å². The van der Waals surface area contributed by atoms with E-state index in [9.17, 15) is 9.32 Å². The van der Waals surface area contributed by atoms with Crippen LogP contribution in [0.2, 0.25) is 5.02 Å². The van der Waals surface area contributed by atoms with Crippen LogP contribution in [0.3, 0.4) is 0 Å². The summed E-state index contributed by atoms with van der Waals surface area (Å²) >= 11 is 7.15. The second-order valence-corrected chi connectivity index (χ2v) is 6.32. The predicted octanol–water partition coefficient (Wildman–Crippen LogP) is 2.44. The lowest BCUT2D eigenvalue weighted by atomic mass is 10.1. The second kappa shape index (κ2) is 5.89. The van der Waals surface area contributed by atoms with E-state index in [0.29, 0.717) is 5.02 Å². The zero-order valence-corrected chi connectivity index (χ0v) is 10.9. The molecule has 1 rings (SSSR count). The van der Waals surface area contributed by atoms with Gasteiger partial charge in [0.05, 0.1) is 0 Å². The summed E-state index contributed by atoms with van der Waals surface area (Å²) in [6, 6.07) is 6.94. The monoisotopic (exact) mass is 264 g/mol. The van der Waals surface area contributed by atoms with E-state index in [1.165, 1.54) is 11.8 Å². The molecule has 15 heavy (non-hydrogen) atoms. The maximum Gasteiger partial charge on any atom is 0.110 e. The minimum absolute atomic E-state index is 0.300. The van der Waals surface area contributed by atoms with Crippen molar-refractivity contribution in [3.05, 3.63) is 34.9 Å². The van der Waals surface area contributed by atoms with Crippen LogP contribution in [0, 0.1) is 0 Å². The molecule has 0 aliphatic heterocycles. The lowest BCUT2D eigenvalue weighted by Crippen LogP contribution is -2.19. The van der Waals surface area contributed by atoms with E-state index in [2.05, 4.69) is 0 Å². The molecule has 0 aliphatic rings. The number of thioether (sulfide) groups is 1. The highest BCUT2D eigenvalue weighted by Gasteiger charge is 2.23. The molecule has 0 amide bonds. The molecular formula is C10H13ClO2S2. The Kier molecular flexibility index (Phi) is 5.12. The summed E-state index contributed by atoms with van der Waals surface area (Å²) in [7, 11) is -1.06. The quantitative estimate of drug-likeness (QED) is 0.908. The Morgan fingerprint density at radius 2 is 1.93 bits per heavy atom. The fraction of sp³-hybridized carbons (Fsp3) is 0.400. The third-order valence-corrected chi connectivity index (χ3v) is 5.31. The summed E-state index contributed by atoms with van der Waals surface area (Å²) in [4.78, 5) is 0. The maximum absolute atomic E-state index is 11.4. The molecule has 5 heteroatoms. The van der Waals surface area contributed by atoms with E-state index in [1.54, 1.807) is 30.5 Å². The van der Waals surface area contributed by atoms with Gasteiger partial charge in [-0.05, 0) is 24.0 Å². The van der Waals surface area contributed by atoms with Gasteiger partial charge in [0.25, 0.3) is 0 Å². The zero-order chi connectivity index (χ0) is 11.4. The van der Waals surface area contributed by atoms with Crippen molar-refractivity contribution in [2.24, 2.45) is 0 Å².